The summed E-state index contributed by atoms with van der Waals surface area (Å²) in [6.45, 7) is 2.13. The third-order valence-corrected chi connectivity index (χ3v) is 2.84. The van der Waals surface area contributed by atoms with Gasteiger partial charge in [0, 0.05) is 18.1 Å². The van der Waals surface area contributed by atoms with Crippen molar-refractivity contribution >= 4 is 27.6 Å². The van der Waals surface area contributed by atoms with Gasteiger partial charge in [0.2, 0.25) is 0 Å². The Morgan fingerprint density at radius 2 is 2.06 bits per heavy atom. The topological polar surface area (TPSA) is 32.3 Å². The van der Waals surface area contributed by atoms with E-state index in [0.717, 1.165) is 6.07 Å². The average Bonchev–Trinajstić information content (AvgIpc) is 2.28. The highest BCUT2D eigenvalue weighted by molar-refractivity contribution is 9.10. The summed E-state index contributed by atoms with van der Waals surface area (Å²) in [5, 5.41) is 2.24. The average molecular weight is 325 g/mol. The first kappa shape index (κ1) is 14.8. The normalized spacial score (nSPS) is 11.2. The van der Waals surface area contributed by atoms with Gasteiger partial charge in [0.1, 0.15) is 0 Å². The number of rotatable bonds is 2. The molecule has 0 aliphatic heterocycles. The summed E-state index contributed by atoms with van der Waals surface area (Å²) in [4.78, 5) is 12.8. The summed E-state index contributed by atoms with van der Waals surface area (Å²) in [5.41, 5.74) is -1.13. The Bertz CT molecular complexity index is 448. The standard InChI is InChI=1S/C11H12BrF3N2O/c1-3-17(2)10(18)16-9-5-4-7(12)6-8(9)11(13,14)15/h4-6H,3H2,1-2H3,(H,16,18). The van der Waals surface area contributed by atoms with E-state index in [2.05, 4.69) is 21.2 Å². The molecule has 2 amide bonds. The van der Waals surface area contributed by atoms with Crippen molar-refractivity contribution in [3.8, 4) is 0 Å². The number of halogens is 4. The van der Waals surface area contributed by atoms with E-state index >= 15 is 0 Å². The van der Waals surface area contributed by atoms with Gasteiger partial charge in [-0.1, -0.05) is 15.9 Å². The van der Waals surface area contributed by atoms with Crippen LogP contribution in [-0.4, -0.2) is 24.5 Å². The number of anilines is 1. The minimum Gasteiger partial charge on any atom is -0.328 e. The number of urea groups is 1. The zero-order chi connectivity index (χ0) is 13.9. The summed E-state index contributed by atoms with van der Waals surface area (Å²) in [5.74, 6) is 0. The summed E-state index contributed by atoms with van der Waals surface area (Å²) < 4.78 is 38.6. The van der Waals surface area contributed by atoms with Crippen LogP contribution in [0.15, 0.2) is 22.7 Å². The third kappa shape index (κ3) is 3.63. The van der Waals surface area contributed by atoms with Crippen molar-refractivity contribution in [1.82, 2.24) is 4.90 Å². The van der Waals surface area contributed by atoms with E-state index in [1.54, 1.807) is 6.92 Å². The molecular weight excluding hydrogens is 313 g/mol. The van der Waals surface area contributed by atoms with Crippen molar-refractivity contribution < 1.29 is 18.0 Å². The van der Waals surface area contributed by atoms with E-state index in [9.17, 15) is 18.0 Å². The zero-order valence-electron chi connectivity index (χ0n) is 9.81. The number of amides is 2. The van der Waals surface area contributed by atoms with Crippen LogP contribution in [0.1, 0.15) is 12.5 Å². The van der Waals surface area contributed by atoms with Crippen LogP contribution < -0.4 is 5.32 Å². The van der Waals surface area contributed by atoms with Crippen LogP contribution in [0, 0.1) is 0 Å². The Balaban J connectivity index is 3.06. The highest BCUT2D eigenvalue weighted by Gasteiger charge is 2.34. The van der Waals surface area contributed by atoms with Crippen molar-refractivity contribution in [2.24, 2.45) is 0 Å². The van der Waals surface area contributed by atoms with E-state index < -0.39 is 17.8 Å². The van der Waals surface area contributed by atoms with Crippen molar-refractivity contribution in [2.75, 3.05) is 18.9 Å². The van der Waals surface area contributed by atoms with Crippen LogP contribution in [0.3, 0.4) is 0 Å². The predicted octanol–water partition coefficient (Wildman–Crippen LogP) is 3.95. The van der Waals surface area contributed by atoms with E-state index in [4.69, 9.17) is 0 Å². The molecule has 1 aromatic carbocycles. The Labute approximate surface area is 111 Å². The highest BCUT2D eigenvalue weighted by Crippen LogP contribution is 2.36. The van der Waals surface area contributed by atoms with Gasteiger partial charge < -0.3 is 10.2 Å². The summed E-state index contributed by atoms with van der Waals surface area (Å²) in [6, 6.07) is 3.01. The van der Waals surface area contributed by atoms with Crippen LogP contribution in [-0.2, 0) is 6.18 Å². The maximum atomic E-state index is 12.8. The second-order valence-electron chi connectivity index (χ2n) is 3.63. The van der Waals surface area contributed by atoms with Gasteiger partial charge in [0.15, 0.2) is 0 Å². The summed E-state index contributed by atoms with van der Waals surface area (Å²) >= 11 is 2.97. The summed E-state index contributed by atoms with van der Waals surface area (Å²) in [6.07, 6.45) is -4.52. The van der Waals surface area contributed by atoms with Gasteiger partial charge in [0.25, 0.3) is 0 Å². The monoisotopic (exact) mass is 324 g/mol. The van der Waals surface area contributed by atoms with E-state index in [1.165, 1.54) is 24.1 Å². The van der Waals surface area contributed by atoms with E-state index in [-0.39, 0.29) is 5.69 Å². The van der Waals surface area contributed by atoms with Crippen molar-refractivity contribution in [1.29, 1.82) is 0 Å². The molecule has 0 radical (unpaired) electrons. The summed E-state index contributed by atoms with van der Waals surface area (Å²) in [7, 11) is 1.50. The van der Waals surface area contributed by atoms with Gasteiger partial charge in [-0.25, -0.2) is 4.79 Å². The maximum absolute atomic E-state index is 12.8. The Hall–Kier alpha value is -1.24. The molecule has 0 bridgehead atoms. The fourth-order valence-corrected chi connectivity index (χ4v) is 1.58. The minimum absolute atomic E-state index is 0.254. The number of hydrogen-bond acceptors (Lipinski definition) is 1. The molecule has 0 aliphatic carbocycles. The van der Waals surface area contributed by atoms with Gasteiger partial charge in [-0.05, 0) is 25.1 Å². The highest BCUT2D eigenvalue weighted by atomic mass is 79.9. The molecule has 1 aromatic rings. The molecule has 0 saturated carbocycles. The SMILES string of the molecule is CCN(C)C(=O)Nc1ccc(Br)cc1C(F)(F)F. The molecule has 18 heavy (non-hydrogen) atoms. The fourth-order valence-electron chi connectivity index (χ4n) is 1.21. The second-order valence-corrected chi connectivity index (χ2v) is 4.55. The number of hydrogen-bond donors (Lipinski definition) is 1. The van der Waals surface area contributed by atoms with Crippen LogP contribution in [0.4, 0.5) is 23.7 Å². The lowest BCUT2D eigenvalue weighted by Gasteiger charge is -2.18. The zero-order valence-corrected chi connectivity index (χ0v) is 11.4. The van der Waals surface area contributed by atoms with Crippen LogP contribution >= 0.6 is 15.9 Å². The Kier molecular flexibility index (Phi) is 4.61. The molecule has 0 saturated heterocycles. The molecular formula is C11H12BrF3N2O. The first-order valence-corrected chi connectivity index (χ1v) is 5.94. The van der Waals surface area contributed by atoms with Gasteiger partial charge in [0.05, 0.1) is 11.3 Å². The molecule has 0 spiro atoms. The smallest absolute Gasteiger partial charge is 0.328 e. The number of benzene rings is 1. The van der Waals surface area contributed by atoms with Gasteiger partial charge in [-0.3, -0.25) is 0 Å². The van der Waals surface area contributed by atoms with E-state index in [1.807, 2.05) is 0 Å². The number of carbonyl (C=O) groups excluding carboxylic acids is 1. The van der Waals surface area contributed by atoms with Gasteiger partial charge in [-0.2, -0.15) is 13.2 Å². The fraction of sp³-hybridized carbons (Fsp3) is 0.364. The molecule has 0 aliphatic rings. The first-order valence-electron chi connectivity index (χ1n) is 5.14. The molecule has 3 nitrogen and oxygen atoms in total. The van der Waals surface area contributed by atoms with Gasteiger partial charge >= 0.3 is 12.2 Å². The first-order chi connectivity index (χ1) is 8.25. The molecule has 1 rings (SSSR count). The van der Waals surface area contributed by atoms with Crippen LogP contribution in [0.5, 0.6) is 0 Å². The van der Waals surface area contributed by atoms with Crippen molar-refractivity contribution in [3.05, 3.63) is 28.2 Å². The Morgan fingerprint density at radius 3 is 2.56 bits per heavy atom. The predicted molar refractivity (Wildman–Crippen MR) is 66.5 cm³/mol. The lowest BCUT2D eigenvalue weighted by Crippen LogP contribution is -2.31. The molecule has 1 N–H and O–H groups in total. The molecule has 0 atom stereocenters. The second kappa shape index (κ2) is 5.60. The lowest BCUT2D eigenvalue weighted by molar-refractivity contribution is -0.137. The number of nitrogens with zero attached hydrogens (tertiary/aromatic N) is 1. The molecule has 0 fully saturated rings. The quantitative estimate of drug-likeness (QED) is 0.877. The van der Waals surface area contributed by atoms with Crippen molar-refractivity contribution in [2.45, 2.75) is 13.1 Å². The Morgan fingerprint density at radius 1 is 1.44 bits per heavy atom. The molecule has 7 heteroatoms. The van der Waals surface area contributed by atoms with Crippen LogP contribution in [0.2, 0.25) is 0 Å². The molecule has 0 aromatic heterocycles. The molecule has 0 unspecified atom stereocenters. The van der Waals surface area contributed by atoms with E-state index in [0.29, 0.717) is 11.0 Å². The molecule has 100 valence electrons. The minimum atomic E-state index is -4.52. The number of alkyl halides is 3. The largest absolute Gasteiger partial charge is 0.418 e. The van der Waals surface area contributed by atoms with Crippen LogP contribution in [0.25, 0.3) is 0 Å². The maximum Gasteiger partial charge on any atom is 0.418 e. The number of nitrogens with one attached hydrogen (secondary N) is 1. The number of carbonyl (C=O) groups is 1. The van der Waals surface area contributed by atoms with Gasteiger partial charge in [-0.15, -0.1) is 0 Å². The lowest BCUT2D eigenvalue weighted by atomic mass is 10.1. The van der Waals surface area contributed by atoms with Crippen molar-refractivity contribution in [3.63, 3.8) is 0 Å². The molecule has 0 heterocycles. The third-order valence-electron chi connectivity index (χ3n) is 2.35.